The zero-order chi connectivity index (χ0) is 21.5. The lowest BCUT2D eigenvalue weighted by Crippen LogP contribution is -2.48. The third-order valence-electron chi connectivity index (χ3n) is 5.23. The molecule has 0 aliphatic carbocycles. The molecular weight excluding hydrogens is 442 g/mol. The maximum absolute atomic E-state index is 13.0. The van der Waals surface area contributed by atoms with Crippen LogP contribution in [0.1, 0.15) is 24.2 Å². The molecule has 0 bridgehead atoms. The number of carbonyl (C=O) groups excluding carboxylic acids is 1. The maximum Gasteiger partial charge on any atom is 0.254 e. The molecule has 2 aromatic carbocycles. The van der Waals surface area contributed by atoms with E-state index < -0.39 is 15.1 Å². The Morgan fingerprint density at radius 2 is 1.80 bits per heavy atom. The van der Waals surface area contributed by atoms with Crippen LogP contribution in [0.2, 0.25) is 5.02 Å². The predicted octanol–water partition coefficient (Wildman–Crippen LogP) is 4.09. The van der Waals surface area contributed by atoms with Crippen molar-refractivity contribution in [2.24, 2.45) is 0 Å². The smallest absolute Gasteiger partial charge is 0.254 e. The van der Waals surface area contributed by atoms with Crippen LogP contribution in [0.5, 0.6) is 0 Å². The van der Waals surface area contributed by atoms with Crippen molar-refractivity contribution in [2.45, 2.75) is 24.0 Å². The first-order chi connectivity index (χ1) is 14.3. The lowest BCUT2D eigenvalue weighted by Gasteiger charge is -2.34. The van der Waals surface area contributed by atoms with Crippen LogP contribution < -0.4 is 4.90 Å². The Morgan fingerprint density at radius 3 is 2.47 bits per heavy atom. The molecule has 1 aliphatic heterocycles. The minimum atomic E-state index is -3.42. The summed E-state index contributed by atoms with van der Waals surface area (Å²) >= 11 is 7.83. The van der Waals surface area contributed by atoms with E-state index in [1.807, 2.05) is 18.2 Å². The first kappa shape index (κ1) is 21.1. The molecule has 0 saturated carbocycles. The molecule has 6 nitrogen and oxygen atoms in total. The van der Waals surface area contributed by atoms with Gasteiger partial charge in [0.1, 0.15) is 5.52 Å². The van der Waals surface area contributed by atoms with Gasteiger partial charge in [-0.2, -0.15) is 0 Å². The van der Waals surface area contributed by atoms with Crippen molar-refractivity contribution in [1.82, 2.24) is 9.88 Å². The summed E-state index contributed by atoms with van der Waals surface area (Å²) in [6.07, 6.45) is 0. The van der Waals surface area contributed by atoms with Crippen LogP contribution in [0.4, 0.5) is 5.13 Å². The van der Waals surface area contributed by atoms with Crippen LogP contribution in [0, 0.1) is 0 Å². The number of piperazine rings is 1. The molecule has 3 aromatic rings. The molecule has 0 N–H and O–H groups in total. The van der Waals surface area contributed by atoms with Crippen molar-refractivity contribution in [3.8, 4) is 0 Å². The van der Waals surface area contributed by atoms with Gasteiger partial charge >= 0.3 is 0 Å². The fourth-order valence-corrected chi connectivity index (χ4v) is 5.82. The molecule has 0 spiro atoms. The number of carbonyl (C=O) groups is 1. The van der Waals surface area contributed by atoms with Gasteiger partial charge in [-0.1, -0.05) is 35.1 Å². The average molecular weight is 464 g/mol. The van der Waals surface area contributed by atoms with Crippen molar-refractivity contribution >= 4 is 54.0 Å². The van der Waals surface area contributed by atoms with Gasteiger partial charge in [0.15, 0.2) is 15.0 Å². The molecule has 2 heterocycles. The van der Waals surface area contributed by atoms with Crippen molar-refractivity contribution in [1.29, 1.82) is 0 Å². The van der Waals surface area contributed by atoms with E-state index in [0.29, 0.717) is 36.8 Å². The molecule has 4 rings (SSSR count). The molecule has 0 unspecified atom stereocenters. The summed E-state index contributed by atoms with van der Waals surface area (Å²) in [5.74, 6) is -0.150. The highest BCUT2D eigenvalue weighted by Gasteiger charge is 2.26. The van der Waals surface area contributed by atoms with E-state index in [1.54, 1.807) is 48.3 Å². The summed E-state index contributed by atoms with van der Waals surface area (Å²) in [5.41, 5.74) is 1.21. The Labute approximate surface area is 185 Å². The number of rotatable bonds is 4. The molecule has 1 saturated heterocycles. The van der Waals surface area contributed by atoms with Crippen molar-refractivity contribution in [3.63, 3.8) is 0 Å². The zero-order valence-electron chi connectivity index (χ0n) is 16.7. The summed E-state index contributed by atoms with van der Waals surface area (Å²) in [6, 6.07) is 12.1. The molecule has 1 fully saturated rings. The maximum atomic E-state index is 13.0. The second-order valence-corrected chi connectivity index (χ2v) is 11.4. The first-order valence-electron chi connectivity index (χ1n) is 9.70. The predicted molar refractivity (Wildman–Crippen MR) is 122 cm³/mol. The highest BCUT2D eigenvalue weighted by molar-refractivity contribution is 7.92. The van der Waals surface area contributed by atoms with Gasteiger partial charge in [0.05, 0.1) is 19.9 Å². The van der Waals surface area contributed by atoms with Crippen LogP contribution in [0.15, 0.2) is 47.4 Å². The van der Waals surface area contributed by atoms with Crippen molar-refractivity contribution in [2.75, 3.05) is 31.1 Å². The van der Waals surface area contributed by atoms with E-state index in [1.165, 1.54) is 6.07 Å². The lowest BCUT2D eigenvalue weighted by molar-refractivity contribution is 0.0746. The van der Waals surface area contributed by atoms with Gasteiger partial charge in [-0.25, -0.2) is 13.4 Å². The second kappa shape index (κ2) is 8.17. The second-order valence-electron chi connectivity index (χ2n) is 7.48. The number of sulfone groups is 1. The fourth-order valence-electron chi connectivity index (χ4n) is 3.40. The molecule has 158 valence electrons. The van der Waals surface area contributed by atoms with Gasteiger partial charge in [0.2, 0.25) is 0 Å². The third-order valence-corrected chi connectivity index (χ3v) is 8.76. The molecule has 1 aromatic heterocycles. The zero-order valence-corrected chi connectivity index (χ0v) is 19.1. The van der Waals surface area contributed by atoms with Crippen LogP contribution in [-0.4, -0.2) is 55.6 Å². The molecule has 1 amide bonds. The molecule has 0 atom stereocenters. The highest BCUT2D eigenvalue weighted by Crippen LogP contribution is 2.33. The topological polar surface area (TPSA) is 70.6 Å². The van der Waals surface area contributed by atoms with Gasteiger partial charge in [0, 0.05) is 31.7 Å². The van der Waals surface area contributed by atoms with Crippen LogP contribution in [0.25, 0.3) is 10.2 Å². The SMILES string of the molecule is CC(C)S(=O)(=O)c1cccc(C(=O)N2CCN(c3nc4c(Cl)cccc4s3)CC2)c1. The first-order valence-corrected chi connectivity index (χ1v) is 12.4. The minimum Gasteiger partial charge on any atom is -0.345 e. The summed E-state index contributed by atoms with van der Waals surface area (Å²) in [6.45, 7) is 5.68. The number of halogens is 1. The normalized spacial score (nSPS) is 15.2. The van der Waals surface area contributed by atoms with Gasteiger partial charge in [0.25, 0.3) is 5.91 Å². The van der Waals surface area contributed by atoms with E-state index in [9.17, 15) is 13.2 Å². The van der Waals surface area contributed by atoms with Gasteiger partial charge in [-0.15, -0.1) is 0 Å². The van der Waals surface area contributed by atoms with Crippen LogP contribution >= 0.6 is 22.9 Å². The Morgan fingerprint density at radius 1 is 1.10 bits per heavy atom. The molecule has 1 aliphatic rings. The summed E-state index contributed by atoms with van der Waals surface area (Å²) in [4.78, 5) is 21.7. The van der Waals surface area contributed by atoms with E-state index >= 15 is 0 Å². The molecule has 30 heavy (non-hydrogen) atoms. The van der Waals surface area contributed by atoms with E-state index in [4.69, 9.17) is 11.6 Å². The van der Waals surface area contributed by atoms with Gasteiger partial charge in [-0.05, 0) is 44.2 Å². The number of amides is 1. The summed E-state index contributed by atoms with van der Waals surface area (Å²) in [5, 5.41) is 1.00. The molecule has 9 heteroatoms. The van der Waals surface area contributed by atoms with Crippen LogP contribution in [0.3, 0.4) is 0 Å². The number of fused-ring (bicyclic) bond motifs is 1. The molecular formula is C21H22ClN3O3S2. The Bertz CT molecular complexity index is 1200. The number of anilines is 1. The lowest BCUT2D eigenvalue weighted by atomic mass is 10.2. The number of para-hydroxylation sites is 1. The number of benzene rings is 2. The van der Waals surface area contributed by atoms with E-state index in [0.717, 1.165) is 15.3 Å². The largest absolute Gasteiger partial charge is 0.345 e. The Hall–Kier alpha value is -2.16. The van der Waals surface area contributed by atoms with Crippen molar-refractivity contribution in [3.05, 3.63) is 53.1 Å². The molecule has 0 radical (unpaired) electrons. The number of hydrogen-bond acceptors (Lipinski definition) is 6. The Balaban J connectivity index is 1.47. The highest BCUT2D eigenvalue weighted by atomic mass is 35.5. The van der Waals surface area contributed by atoms with E-state index in [2.05, 4.69) is 9.88 Å². The van der Waals surface area contributed by atoms with Gasteiger partial charge < -0.3 is 9.80 Å². The van der Waals surface area contributed by atoms with Crippen LogP contribution in [-0.2, 0) is 9.84 Å². The third kappa shape index (κ3) is 3.91. The minimum absolute atomic E-state index is 0.150. The summed E-state index contributed by atoms with van der Waals surface area (Å²) in [7, 11) is -3.42. The summed E-state index contributed by atoms with van der Waals surface area (Å²) < 4.78 is 25.9. The quantitative estimate of drug-likeness (QED) is 0.582. The average Bonchev–Trinajstić information content (AvgIpc) is 3.19. The monoisotopic (exact) mass is 463 g/mol. The van der Waals surface area contributed by atoms with Gasteiger partial charge in [-0.3, -0.25) is 4.79 Å². The Kier molecular flexibility index (Phi) is 5.74. The number of aromatic nitrogens is 1. The number of thiazole rings is 1. The van der Waals surface area contributed by atoms with Crippen molar-refractivity contribution < 1.29 is 13.2 Å². The standard InChI is InChI=1S/C21H22ClN3O3S2/c1-14(2)30(27,28)16-6-3-5-15(13-16)20(26)24-9-11-25(12-10-24)21-23-19-17(22)7-4-8-18(19)29-21/h3-8,13-14H,9-12H2,1-2H3. The fraction of sp³-hybridized carbons (Fsp3) is 0.333. The number of hydrogen-bond donors (Lipinski definition) is 0. The number of nitrogens with zero attached hydrogens (tertiary/aromatic N) is 3. The van der Waals surface area contributed by atoms with E-state index in [-0.39, 0.29) is 10.8 Å².